The summed E-state index contributed by atoms with van der Waals surface area (Å²) in [6, 6.07) is 13.3. The van der Waals surface area contributed by atoms with Crippen molar-refractivity contribution in [3.05, 3.63) is 70.2 Å². The molecule has 0 atom stereocenters. The molecule has 12 heteroatoms. The van der Waals surface area contributed by atoms with E-state index in [4.69, 9.17) is 0 Å². The summed E-state index contributed by atoms with van der Waals surface area (Å²) in [5.41, 5.74) is 2.92. The Bertz CT molecular complexity index is 1430. The number of sulfonamides is 1. The number of hydrogen-bond donors (Lipinski definition) is 2. The molecule has 1 heterocycles. The summed E-state index contributed by atoms with van der Waals surface area (Å²) < 4.78 is 67.1. The van der Waals surface area contributed by atoms with E-state index in [1.54, 1.807) is 12.1 Å². The predicted octanol–water partition coefficient (Wildman–Crippen LogP) is 5.29. The minimum Gasteiger partial charge on any atom is -0.506 e. The summed E-state index contributed by atoms with van der Waals surface area (Å²) in [6.45, 7) is 0.303. The highest BCUT2D eigenvalue weighted by Gasteiger charge is 2.31. The maximum Gasteiger partial charge on any atom is 0.573 e. The number of alkyl halides is 3. The first-order valence-corrected chi connectivity index (χ1v) is 12.8. The molecule has 2 N–H and O–H groups in total. The summed E-state index contributed by atoms with van der Waals surface area (Å²) in [7, 11) is -3.64. The number of phenolic OH excluding ortho intramolecular Hbond substituents is 1. The van der Waals surface area contributed by atoms with Gasteiger partial charge in [-0.15, -0.1) is 13.2 Å². The van der Waals surface area contributed by atoms with Gasteiger partial charge < -0.3 is 14.7 Å². The zero-order valence-corrected chi connectivity index (χ0v) is 20.5. The SMILES string of the molecule is CS(=O)(=O)Nc1cc(N2CCc3cc(-c4ccc(OC(F)(F)F)cc4Br)ccc3C2=O)ccc1O. The minimum absolute atomic E-state index is 0.0401. The van der Waals surface area contributed by atoms with Crippen LogP contribution in [0.5, 0.6) is 11.5 Å². The standard InChI is InChI=1S/C23H18BrF3N2O5S/c1-35(32,33)28-20-11-15(3-7-21(20)30)29-9-8-14-10-13(2-5-18(14)22(29)31)17-6-4-16(12-19(17)24)34-23(25,26)27/h2-7,10-12,28,30H,8-9H2,1H3. The van der Waals surface area contributed by atoms with Crippen molar-refractivity contribution in [2.24, 2.45) is 0 Å². The van der Waals surface area contributed by atoms with Crippen LogP contribution in [0.4, 0.5) is 24.5 Å². The molecule has 0 saturated carbocycles. The Morgan fingerprint density at radius 2 is 1.77 bits per heavy atom. The second-order valence-corrected chi connectivity index (χ2v) is 10.4. The van der Waals surface area contributed by atoms with Crippen LogP contribution in [0, 0.1) is 0 Å². The van der Waals surface area contributed by atoms with E-state index in [1.807, 2.05) is 6.07 Å². The number of benzene rings is 3. The third-order valence-electron chi connectivity index (χ3n) is 5.26. The first kappa shape index (κ1) is 24.9. The maximum absolute atomic E-state index is 13.2. The molecule has 3 aromatic carbocycles. The lowest BCUT2D eigenvalue weighted by molar-refractivity contribution is -0.274. The summed E-state index contributed by atoms with van der Waals surface area (Å²) in [4.78, 5) is 14.7. The van der Waals surface area contributed by atoms with Crippen molar-refractivity contribution in [2.45, 2.75) is 12.8 Å². The van der Waals surface area contributed by atoms with E-state index in [0.29, 0.717) is 39.8 Å². The monoisotopic (exact) mass is 570 g/mol. The largest absolute Gasteiger partial charge is 0.573 e. The zero-order valence-electron chi connectivity index (χ0n) is 18.1. The number of anilines is 2. The molecule has 0 radical (unpaired) electrons. The molecule has 7 nitrogen and oxygen atoms in total. The summed E-state index contributed by atoms with van der Waals surface area (Å²) >= 11 is 3.28. The van der Waals surface area contributed by atoms with E-state index in [2.05, 4.69) is 25.4 Å². The molecule has 0 unspecified atom stereocenters. The van der Waals surface area contributed by atoms with Crippen LogP contribution in [-0.2, 0) is 16.4 Å². The van der Waals surface area contributed by atoms with Gasteiger partial charge in [-0.2, -0.15) is 0 Å². The van der Waals surface area contributed by atoms with Gasteiger partial charge in [0.2, 0.25) is 10.0 Å². The lowest BCUT2D eigenvalue weighted by Crippen LogP contribution is -2.37. The molecular weight excluding hydrogens is 553 g/mol. The minimum atomic E-state index is -4.79. The highest BCUT2D eigenvalue weighted by Crippen LogP contribution is 2.36. The van der Waals surface area contributed by atoms with Crippen LogP contribution in [0.15, 0.2) is 59.1 Å². The van der Waals surface area contributed by atoms with Crippen molar-refractivity contribution in [2.75, 3.05) is 22.4 Å². The Kier molecular flexibility index (Phi) is 6.45. The van der Waals surface area contributed by atoms with E-state index >= 15 is 0 Å². The smallest absolute Gasteiger partial charge is 0.506 e. The van der Waals surface area contributed by atoms with Crippen LogP contribution < -0.4 is 14.4 Å². The summed E-state index contributed by atoms with van der Waals surface area (Å²) in [6.07, 6.45) is -3.36. The quantitative estimate of drug-likeness (QED) is 0.406. The van der Waals surface area contributed by atoms with Crippen molar-refractivity contribution in [3.8, 4) is 22.6 Å². The second-order valence-electron chi connectivity index (χ2n) is 7.84. The Hall–Kier alpha value is -3.25. The van der Waals surface area contributed by atoms with Crippen LogP contribution in [0.2, 0.25) is 0 Å². The highest BCUT2D eigenvalue weighted by atomic mass is 79.9. The van der Waals surface area contributed by atoms with Crippen LogP contribution >= 0.6 is 15.9 Å². The molecule has 35 heavy (non-hydrogen) atoms. The predicted molar refractivity (Wildman–Crippen MR) is 128 cm³/mol. The van der Waals surface area contributed by atoms with Crippen molar-refractivity contribution in [1.82, 2.24) is 0 Å². The van der Waals surface area contributed by atoms with Gasteiger partial charge >= 0.3 is 6.36 Å². The zero-order chi connectivity index (χ0) is 25.5. The van der Waals surface area contributed by atoms with E-state index in [-0.39, 0.29) is 23.1 Å². The molecule has 3 aromatic rings. The Labute approximate surface area is 207 Å². The molecule has 4 rings (SSSR count). The third-order valence-corrected chi connectivity index (χ3v) is 6.50. The Morgan fingerprint density at radius 1 is 1.06 bits per heavy atom. The molecule has 0 bridgehead atoms. The fourth-order valence-electron chi connectivity index (χ4n) is 3.80. The number of carbonyl (C=O) groups excluding carboxylic acids is 1. The molecule has 1 aliphatic rings. The van der Waals surface area contributed by atoms with Crippen molar-refractivity contribution < 1.29 is 36.2 Å². The number of phenols is 1. The van der Waals surface area contributed by atoms with E-state index in [0.717, 1.165) is 11.8 Å². The molecule has 0 saturated heterocycles. The molecule has 184 valence electrons. The molecule has 0 aliphatic carbocycles. The normalized spacial score (nSPS) is 14.0. The van der Waals surface area contributed by atoms with Gasteiger partial charge in [0.25, 0.3) is 5.91 Å². The maximum atomic E-state index is 13.2. The lowest BCUT2D eigenvalue weighted by Gasteiger charge is -2.29. The van der Waals surface area contributed by atoms with Gasteiger partial charge in [0.15, 0.2) is 0 Å². The van der Waals surface area contributed by atoms with Gasteiger partial charge in [-0.1, -0.05) is 28.1 Å². The lowest BCUT2D eigenvalue weighted by atomic mass is 9.93. The fourth-order valence-corrected chi connectivity index (χ4v) is 4.95. The molecule has 0 fully saturated rings. The van der Waals surface area contributed by atoms with Gasteiger partial charge in [0.05, 0.1) is 11.9 Å². The number of halogens is 4. The van der Waals surface area contributed by atoms with Crippen molar-refractivity contribution in [3.63, 3.8) is 0 Å². The number of amides is 1. The van der Waals surface area contributed by atoms with Gasteiger partial charge in [-0.3, -0.25) is 9.52 Å². The van der Waals surface area contributed by atoms with Gasteiger partial charge in [-0.25, -0.2) is 8.42 Å². The van der Waals surface area contributed by atoms with Crippen LogP contribution in [0.25, 0.3) is 11.1 Å². The van der Waals surface area contributed by atoms with Crippen molar-refractivity contribution in [1.29, 1.82) is 0 Å². The number of aromatic hydroxyl groups is 1. The number of nitrogens with one attached hydrogen (secondary N) is 1. The van der Waals surface area contributed by atoms with Gasteiger partial charge in [0, 0.05) is 22.3 Å². The Balaban J connectivity index is 1.61. The average Bonchev–Trinajstić information content (AvgIpc) is 2.73. The molecule has 0 spiro atoms. The first-order chi connectivity index (χ1) is 16.3. The van der Waals surface area contributed by atoms with Gasteiger partial charge in [-0.05, 0) is 65.6 Å². The number of ether oxygens (including phenoxy) is 1. The fraction of sp³-hybridized carbons (Fsp3) is 0.174. The highest BCUT2D eigenvalue weighted by molar-refractivity contribution is 9.10. The summed E-state index contributed by atoms with van der Waals surface area (Å²) in [5.74, 6) is -0.928. The van der Waals surface area contributed by atoms with E-state index in [1.165, 1.54) is 41.3 Å². The Morgan fingerprint density at radius 3 is 2.43 bits per heavy atom. The van der Waals surface area contributed by atoms with E-state index in [9.17, 15) is 31.5 Å². The number of hydrogen-bond acceptors (Lipinski definition) is 5. The number of carbonyl (C=O) groups is 1. The molecule has 1 aliphatic heterocycles. The van der Waals surface area contributed by atoms with Crippen LogP contribution in [0.1, 0.15) is 15.9 Å². The van der Waals surface area contributed by atoms with Gasteiger partial charge in [0.1, 0.15) is 11.5 Å². The average molecular weight is 571 g/mol. The van der Waals surface area contributed by atoms with Crippen LogP contribution in [0.3, 0.4) is 0 Å². The van der Waals surface area contributed by atoms with Crippen molar-refractivity contribution >= 4 is 43.2 Å². The third kappa shape index (κ3) is 5.70. The molecule has 0 aromatic heterocycles. The molecular formula is C23H18BrF3N2O5S. The topological polar surface area (TPSA) is 95.9 Å². The number of nitrogens with zero attached hydrogens (tertiary/aromatic N) is 1. The van der Waals surface area contributed by atoms with Crippen LogP contribution in [-0.4, -0.2) is 38.6 Å². The number of fused-ring (bicyclic) bond motifs is 1. The summed E-state index contributed by atoms with van der Waals surface area (Å²) in [5, 5.41) is 9.96. The van der Waals surface area contributed by atoms with E-state index < -0.39 is 16.4 Å². The first-order valence-electron chi connectivity index (χ1n) is 10.1. The second kappa shape index (κ2) is 9.08. The molecule has 1 amide bonds. The number of rotatable bonds is 5.